The number of carbonyl (C=O) groups is 1. The number of hydrogen-bond acceptors (Lipinski definition) is 4. The molecule has 0 atom stereocenters. The molecule has 2 aromatic carbocycles. The van der Waals surface area contributed by atoms with Crippen molar-refractivity contribution >= 4 is 35.1 Å². The van der Waals surface area contributed by atoms with Gasteiger partial charge in [0.1, 0.15) is 0 Å². The zero-order chi connectivity index (χ0) is 15.9. The van der Waals surface area contributed by atoms with Crippen molar-refractivity contribution in [3.8, 4) is 0 Å². The fourth-order valence-corrected chi connectivity index (χ4v) is 2.30. The van der Waals surface area contributed by atoms with Gasteiger partial charge in [0.2, 0.25) is 5.91 Å². The van der Waals surface area contributed by atoms with Gasteiger partial charge in [0.25, 0.3) is 5.69 Å². The lowest BCUT2D eigenvalue weighted by molar-refractivity contribution is -0.385. The van der Waals surface area contributed by atoms with Crippen LogP contribution in [-0.4, -0.2) is 17.1 Å². The Morgan fingerprint density at radius 3 is 2.73 bits per heavy atom. The summed E-state index contributed by atoms with van der Waals surface area (Å²) < 4.78 is 0. The highest BCUT2D eigenvalue weighted by Gasteiger charge is 2.09. The number of hydrogen-bond donors (Lipinski definition) is 1. The van der Waals surface area contributed by atoms with Crippen LogP contribution >= 0.6 is 11.8 Å². The molecule has 0 saturated carbocycles. The Hall–Kier alpha value is -2.60. The lowest BCUT2D eigenvalue weighted by Gasteiger charge is -2.03. The molecular formula is C16H14N2O3S. The minimum absolute atomic E-state index is 0.0315. The van der Waals surface area contributed by atoms with Gasteiger partial charge >= 0.3 is 0 Å². The number of nitro groups is 1. The molecule has 0 aliphatic heterocycles. The molecular weight excluding hydrogens is 300 g/mol. The summed E-state index contributed by atoms with van der Waals surface area (Å²) in [7, 11) is 0. The van der Waals surface area contributed by atoms with Gasteiger partial charge in [0, 0.05) is 22.7 Å². The molecule has 22 heavy (non-hydrogen) atoms. The molecule has 0 bridgehead atoms. The third kappa shape index (κ3) is 4.20. The number of carbonyl (C=O) groups excluding carboxylic acids is 1. The maximum Gasteiger partial charge on any atom is 0.276 e. The smallest absolute Gasteiger partial charge is 0.276 e. The van der Waals surface area contributed by atoms with E-state index in [1.807, 2.05) is 24.5 Å². The minimum atomic E-state index is -0.473. The maximum absolute atomic E-state index is 11.9. The number of nitrogens with one attached hydrogen (secondary N) is 1. The maximum atomic E-state index is 11.9. The standard InChI is InChI=1S/C16H14N2O3S/c1-22-14-7-4-6-13(11-14)17-16(19)10-9-12-5-2-3-8-15(12)18(20)21/h2-11H,1H3,(H,17,19)/b10-9+. The van der Waals surface area contributed by atoms with Crippen molar-refractivity contribution < 1.29 is 9.72 Å². The number of amides is 1. The van der Waals surface area contributed by atoms with Gasteiger partial charge in [-0.3, -0.25) is 14.9 Å². The summed E-state index contributed by atoms with van der Waals surface area (Å²) in [5.41, 5.74) is 1.04. The number of thioether (sulfide) groups is 1. The first kappa shape index (κ1) is 15.8. The van der Waals surface area contributed by atoms with Crippen molar-refractivity contribution in [1.82, 2.24) is 0 Å². The molecule has 0 radical (unpaired) electrons. The Morgan fingerprint density at radius 2 is 2.00 bits per heavy atom. The van der Waals surface area contributed by atoms with Crippen LogP contribution in [0, 0.1) is 10.1 Å². The molecule has 1 N–H and O–H groups in total. The van der Waals surface area contributed by atoms with Crippen molar-refractivity contribution in [2.45, 2.75) is 4.90 Å². The van der Waals surface area contributed by atoms with E-state index in [9.17, 15) is 14.9 Å². The zero-order valence-corrected chi connectivity index (χ0v) is 12.7. The third-order valence-electron chi connectivity index (χ3n) is 2.88. The van der Waals surface area contributed by atoms with Gasteiger partial charge in [0.05, 0.1) is 10.5 Å². The molecule has 2 aromatic rings. The zero-order valence-electron chi connectivity index (χ0n) is 11.9. The predicted molar refractivity (Wildman–Crippen MR) is 89.0 cm³/mol. The van der Waals surface area contributed by atoms with E-state index in [-0.39, 0.29) is 11.6 Å². The molecule has 0 aliphatic carbocycles. The molecule has 1 amide bonds. The van der Waals surface area contributed by atoms with E-state index < -0.39 is 4.92 Å². The average Bonchev–Trinajstić information content (AvgIpc) is 2.53. The van der Waals surface area contributed by atoms with Crippen LogP contribution in [0.1, 0.15) is 5.56 Å². The summed E-state index contributed by atoms with van der Waals surface area (Å²) in [6, 6.07) is 13.7. The van der Waals surface area contributed by atoms with Gasteiger partial charge in [-0.15, -0.1) is 11.8 Å². The Morgan fingerprint density at radius 1 is 1.23 bits per heavy atom. The van der Waals surface area contributed by atoms with Crippen LogP contribution in [0.25, 0.3) is 6.08 Å². The van der Waals surface area contributed by atoms with Gasteiger partial charge in [-0.25, -0.2) is 0 Å². The van der Waals surface area contributed by atoms with Gasteiger partial charge in [0.15, 0.2) is 0 Å². The van der Waals surface area contributed by atoms with E-state index in [1.165, 1.54) is 18.2 Å². The fourth-order valence-electron chi connectivity index (χ4n) is 1.84. The second-order valence-electron chi connectivity index (χ2n) is 4.37. The number of anilines is 1. The van der Waals surface area contributed by atoms with Crippen LogP contribution in [0.4, 0.5) is 11.4 Å². The minimum Gasteiger partial charge on any atom is -0.322 e. The Labute approximate surface area is 132 Å². The number of rotatable bonds is 5. The molecule has 0 fully saturated rings. The second-order valence-corrected chi connectivity index (χ2v) is 5.25. The highest BCUT2D eigenvalue weighted by atomic mass is 32.2. The van der Waals surface area contributed by atoms with E-state index >= 15 is 0 Å². The second kappa shape index (κ2) is 7.42. The summed E-state index contributed by atoms with van der Waals surface area (Å²) in [6.07, 6.45) is 4.68. The Bertz CT molecular complexity index is 729. The molecule has 0 saturated heterocycles. The topological polar surface area (TPSA) is 72.2 Å². The quantitative estimate of drug-likeness (QED) is 0.392. The van der Waals surface area contributed by atoms with E-state index in [1.54, 1.807) is 36.0 Å². The SMILES string of the molecule is CSc1cccc(NC(=O)/C=C/c2ccccc2[N+](=O)[O-])c1. The highest BCUT2D eigenvalue weighted by Crippen LogP contribution is 2.20. The summed E-state index contributed by atoms with van der Waals surface area (Å²) in [6.45, 7) is 0. The van der Waals surface area contributed by atoms with Crippen LogP contribution in [0.15, 0.2) is 59.5 Å². The molecule has 5 nitrogen and oxygen atoms in total. The van der Waals surface area contributed by atoms with Crippen molar-refractivity contribution in [3.63, 3.8) is 0 Å². The molecule has 0 aliphatic rings. The summed E-state index contributed by atoms with van der Waals surface area (Å²) in [5.74, 6) is -0.337. The molecule has 2 rings (SSSR count). The molecule has 0 aromatic heterocycles. The first-order valence-corrected chi connectivity index (χ1v) is 7.69. The van der Waals surface area contributed by atoms with Crippen LogP contribution in [0.5, 0.6) is 0 Å². The monoisotopic (exact) mass is 314 g/mol. The van der Waals surface area contributed by atoms with Crippen LogP contribution in [-0.2, 0) is 4.79 Å². The number of nitrogens with zero attached hydrogens (tertiary/aromatic N) is 1. The fraction of sp³-hybridized carbons (Fsp3) is 0.0625. The number of nitro benzene ring substituents is 1. The molecule has 0 unspecified atom stereocenters. The normalized spacial score (nSPS) is 10.6. The number of para-hydroxylation sites is 1. The van der Waals surface area contributed by atoms with Gasteiger partial charge in [-0.2, -0.15) is 0 Å². The van der Waals surface area contributed by atoms with Crippen LogP contribution in [0.2, 0.25) is 0 Å². The summed E-state index contributed by atoms with van der Waals surface area (Å²) >= 11 is 1.58. The highest BCUT2D eigenvalue weighted by molar-refractivity contribution is 7.98. The number of benzene rings is 2. The van der Waals surface area contributed by atoms with E-state index in [2.05, 4.69) is 5.32 Å². The van der Waals surface area contributed by atoms with Gasteiger partial charge in [-0.1, -0.05) is 18.2 Å². The Kier molecular flexibility index (Phi) is 5.32. The average molecular weight is 314 g/mol. The molecule has 112 valence electrons. The largest absolute Gasteiger partial charge is 0.322 e. The molecule has 0 spiro atoms. The summed E-state index contributed by atoms with van der Waals surface area (Å²) in [5, 5.41) is 13.6. The van der Waals surface area contributed by atoms with Crippen LogP contribution in [0.3, 0.4) is 0 Å². The molecule has 6 heteroatoms. The lowest BCUT2D eigenvalue weighted by Crippen LogP contribution is -2.07. The van der Waals surface area contributed by atoms with Crippen LogP contribution < -0.4 is 5.32 Å². The van der Waals surface area contributed by atoms with Crippen molar-refractivity contribution in [2.24, 2.45) is 0 Å². The molecule has 0 heterocycles. The van der Waals surface area contributed by atoms with Crippen molar-refractivity contribution in [2.75, 3.05) is 11.6 Å². The Balaban J connectivity index is 2.10. The van der Waals surface area contributed by atoms with Crippen molar-refractivity contribution in [1.29, 1.82) is 0 Å². The van der Waals surface area contributed by atoms with Crippen molar-refractivity contribution in [3.05, 3.63) is 70.3 Å². The summed E-state index contributed by atoms with van der Waals surface area (Å²) in [4.78, 5) is 23.4. The first-order chi connectivity index (χ1) is 10.6. The first-order valence-electron chi connectivity index (χ1n) is 6.46. The van der Waals surface area contributed by atoms with E-state index in [0.29, 0.717) is 11.3 Å². The predicted octanol–water partition coefficient (Wildman–Crippen LogP) is 3.97. The van der Waals surface area contributed by atoms with Gasteiger partial charge < -0.3 is 5.32 Å². The lowest BCUT2D eigenvalue weighted by atomic mass is 10.1. The van der Waals surface area contributed by atoms with E-state index in [0.717, 1.165) is 4.90 Å². The third-order valence-corrected chi connectivity index (χ3v) is 3.61. The van der Waals surface area contributed by atoms with E-state index in [4.69, 9.17) is 0 Å². The van der Waals surface area contributed by atoms with Gasteiger partial charge in [-0.05, 0) is 36.6 Å².